The fourth-order valence-electron chi connectivity index (χ4n) is 3.70. The lowest BCUT2D eigenvalue weighted by Gasteiger charge is -2.42. The largest absolute Gasteiger partial charge is 0.401 e. The van der Waals surface area contributed by atoms with E-state index < -0.39 is 18.4 Å². The summed E-state index contributed by atoms with van der Waals surface area (Å²) in [5.41, 5.74) is 12.5. The number of aliphatic imine (C=N–C) groups is 1. The Labute approximate surface area is 142 Å². The molecule has 0 aromatic carbocycles. The van der Waals surface area contributed by atoms with Crippen molar-refractivity contribution in [2.75, 3.05) is 25.0 Å². The van der Waals surface area contributed by atoms with Crippen molar-refractivity contribution in [1.82, 2.24) is 4.90 Å². The third-order valence-corrected chi connectivity index (χ3v) is 5.91. The zero-order valence-electron chi connectivity index (χ0n) is 13.4. The van der Waals surface area contributed by atoms with E-state index in [1.54, 1.807) is 0 Å². The molecule has 0 bridgehead atoms. The van der Waals surface area contributed by atoms with Crippen LogP contribution in [0.4, 0.5) is 18.2 Å². The molecule has 134 valence electrons. The third kappa shape index (κ3) is 3.38. The van der Waals surface area contributed by atoms with Crippen LogP contribution in [0.25, 0.3) is 0 Å². The third-order valence-electron chi connectivity index (χ3n) is 5.08. The molecule has 2 atom stereocenters. The molecule has 0 radical (unpaired) electrons. The van der Waals surface area contributed by atoms with E-state index in [1.165, 1.54) is 16.2 Å². The highest BCUT2D eigenvalue weighted by Gasteiger charge is 2.44. The molecule has 0 saturated carbocycles. The van der Waals surface area contributed by atoms with Gasteiger partial charge in [0.2, 0.25) is 0 Å². The van der Waals surface area contributed by atoms with Crippen molar-refractivity contribution in [3.05, 3.63) is 17.0 Å². The molecule has 0 spiro atoms. The second-order valence-electron chi connectivity index (χ2n) is 6.63. The summed E-state index contributed by atoms with van der Waals surface area (Å²) >= 11 is 1.52. The van der Waals surface area contributed by atoms with Crippen molar-refractivity contribution >= 4 is 22.3 Å². The molecule has 0 aliphatic carbocycles. The van der Waals surface area contributed by atoms with Crippen molar-refractivity contribution < 1.29 is 13.2 Å². The maximum Gasteiger partial charge on any atom is 0.401 e. The van der Waals surface area contributed by atoms with Crippen LogP contribution in [0.2, 0.25) is 0 Å². The summed E-state index contributed by atoms with van der Waals surface area (Å²) in [6, 6.07) is 1.94. The molecule has 1 fully saturated rings. The average molecular weight is 361 g/mol. The van der Waals surface area contributed by atoms with Gasteiger partial charge in [-0.15, -0.1) is 11.3 Å². The molecule has 5 nitrogen and oxygen atoms in total. The van der Waals surface area contributed by atoms with Crippen LogP contribution < -0.4 is 16.8 Å². The number of rotatable bonds is 3. The number of fused-ring (bicyclic) bond motifs is 1. The van der Waals surface area contributed by atoms with Gasteiger partial charge in [-0.25, -0.2) is 4.99 Å². The Morgan fingerprint density at radius 2 is 2.12 bits per heavy atom. The minimum Gasteiger partial charge on any atom is -0.370 e. The smallest absolute Gasteiger partial charge is 0.370 e. The van der Waals surface area contributed by atoms with Crippen molar-refractivity contribution in [2.45, 2.75) is 31.6 Å². The average Bonchev–Trinajstić information content (AvgIpc) is 2.94. The van der Waals surface area contributed by atoms with Crippen molar-refractivity contribution in [2.24, 2.45) is 28.3 Å². The topological polar surface area (TPSA) is 79.7 Å². The molecular formula is C15H22F3N5S. The molecule has 2 aliphatic rings. The number of nitrogens with zero attached hydrogens (tertiary/aromatic N) is 2. The van der Waals surface area contributed by atoms with Crippen LogP contribution in [-0.2, 0) is 5.66 Å². The second kappa shape index (κ2) is 6.20. The van der Waals surface area contributed by atoms with Crippen LogP contribution in [0.15, 0.2) is 16.4 Å². The lowest BCUT2D eigenvalue weighted by Crippen LogP contribution is -2.51. The van der Waals surface area contributed by atoms with Gasteiger partial charge in [0.25, 0.3) is 0 Å². The van der Waals surface area contributed by atoms with E-state index in [-0.39, 0.29) is 17.8 Å². The van der Waals surface area contributed by atoms with Gasteiger partial charge in [-0.2, -0.15) is 13.2 Å². The van der Waals surface area contributed by atoms with E-state index in [0.717, 1.165) is 10.6 Å². The van der Waals surface area contributed by atoms with Gasteiger partial charge in [-0.3, -0.25) is 4.90 Å². The van der Waals surface area contributed by atoms with Gasteiger partial charge in [-0.05, 0) is 43.3 Å². The van der Waals surface area contributed by atoms with Crippen molar-refractivity contribution in [3.63, 3.8) is 0 Å². The van der Waals surface area contributed by atoms with E-state index in [2.05, 4.69) is 10.3 Å². The standard InChI is InChI=1S/C15H22F3N5S/c1-9(10-2-5-23(6-3-10)8-14(16,17)18)15(20)11-4-7-24-12(11)21-13(19)22-15/h4,7,9-10H,2-3,5-6,8,20H2,1H3,(H3,19,21,22). The molecule has 9 heteroatoms. The summed E-state index contributed by atoms with van der Waals surface area (Å²) in [6.07, 6.45) is -2.79. The Balaban J connectivity index is 1.71. The van der Waals surface area contributed by atoms with Gasteiger partial charge in [0.15, 0.2) is 5.96 Å². The molecule has 24 heavy (non-hydrogen) atoms. The van der Waals surface area contributed by atoms with Crippen molar-refractivity contribution in [1.29, 1.82) is 0 Å². The van der Waals surface area contributed by atoms with Gasteiger partial charge in [-0.1, -0.05) is 6.92 Å². The van der Waals surface area contributed by atoms with Crippen LogP contribution in [0.1, 0.15) is 25.3 Å². The molecule has 5 N–H and O–H groups in total. The number of likely N-dealkylation sites (tertiary alicyclic amines) is 1. The Hall–Kier alpha value is -1.32. The maximum atomic E-state index is 12.5. The number of hydrogen-bond acceptors (Lipinski definition) is 6. The highest BCUT2D eigenvalue weighted by atomic mass is 32.1. The number of nitrogens with one attached hydrogen (secondary N) is 1. The molecule has 1 aromatic heterocycles. The first-order valence-electron chi connectivity index (χ1n) is 7.97. The lowest BCUT2D eigenvalue weighted by molar-refractivity contribution is -0.149. The normalized spacial score (nSPS) is 27.3. The summed E-state index contributed by atoms with van der Waals surface area (Å²) in [6.45, 7) is 2.04. The van der Waals surface area contributed by atoms with E-state index in [9.17, 15) is 13.2 Å². The minimum absolute atomic E-state index is 0.0143. The minimum atomic E-state index is -4.15. The maximum absolute atomic E-state index is 12.5. The van der Waals surface area contributed by atoms with Crippen LogP contribution in [-0.4, -0.2) is 36.7 Å². The predicted octanol–water partition coefficient (Wildman–Crippen LogP) is 2.51. The highest BCUT2D eigenvalue weighted by molar-refractivity contribution is 7.14. The Morgan fingerprint density at radius 1 is 1.46 bits per heavy atom. The quantitative estimate of drug-likeness (QED) is 0.773. The fourth-order valence-corrected chi connectivity index (χ4v) is 4.56. The van der Waals surface area contributed by atoms with Crippen LogP contribution >= 0.6 is 11.3 Å². The first kappa shape index (κ1) is 17.5. The summed E-state index contributed by atoms with van der Waals surface area (Å²) in [7, 11) is 0. The Morgan fingerprint density at radius 3 is 2.75 bits per heavy atom. The van der Waals surface area contributed by atoms with Crippen LogP contribution in [0, 0.1) is 11.8 Å². The van der Waals surface area contributed by atoms with E-state index in [0.29, 0.717) is 25.9 Å². The number of alkyl halides is 3. The lowest BCUT2D eigenvalue weighted by atomic mass is 9.75. The first-order chi connectivity index (χ1) is 11.2. The summed E-state index contributed by atoms with van der Waals surface area (Å²) in [5, 5.41) is 5.85. The monoisotopic (exact) mass is 361 g/mol. The number of guanidine groups is 1. The first-order valence-corrected chi connectivity index (χ1v) is 8.85. The predicted molar refractivity (Wildman–Crippen MR) is 89.8 cm³/mol. The van der Waals surface area contributed by atoms with Gasteiger partial charge in [0, 0.05) is 11.5 Å². The van der Waals surface area contributed by atoms with Gasteiger partial charge in [0.05, 0.1) is 6.54 Å². The molecule has 0 amide bonds. The van der Waals surface area contributed by atoms with E-state index >= 15 is 0 Å². The molecule has 2 aliphatic heterocycles. The molecular weight excluding hydrogens is 339 g/mol. The Kier molecular flexibility index (Phi) is 4.52. The summed E-state index contributed by atoms with van der Waals surface area (Å²) < 4.78 is 37.6. The molecule has 3 rings (SSSR count). The van der Waals surface area contributed by atoms with Crippen LogP contribution in [0.3, 0.4) is 0 Å². The number of nitrogens with two attached hydrogens (primary N) is 2. The molecule has 3 heterocycles. The molecule has 2 unspecified atom stereocenters. The van der Waals surface area contributed by atoms with E-state index in [1.807, 2.05) is 18.4 Å². The van der Waals surface area contributed by atoms with Crippen LogP contribution in [0.5, 0.6) is 0 Å². The highest BCUT2D eigenvalue weighted by Crippen LogP contribution is 2.44. The SMILES string of the molecule is CC(C1CCN(CC(F)(F)F)CC1)C1(N)N=C(N)Nc2sccc21. The number of piperidine rings is 1. The van der Waals surface area contributed by atoms with Gasteiger partial charge >= 0.3 is 6.18 Å². The fraction of sp³-hybridized carbons (Fsp3) is 0.667. The zero-order valence-corrected chi connectivity index (χ0v) is 14.3. The second-order valence-corrected chi connectivity index (χ2v) is 7.54. The summed E-state index contributed by atoms with van der Waals surface area (Å²) in [4.78, 5) is 5.92. The van der Waals surface area contributed by atoms with Crippen molar-refractivity contribution in [3.8, 4) is 0 Å². The van der Waals surface area contributed by atoms with Gasteiger partial charge < -0.3 is 16.8 Å². The summed E-state index contributed by atoms with van der Waals surface area (Å²) in [5.74, 6) is 0.482. The Bertz CT molecular complexity index is 621. The zero-order chi connectivity index (χ0) is 17.5. The number of thiophene rings is 1. The molecule has 1 saturated heterocycles. The van der Waals surface area contributed by atoms with Gasteiger partial charge in [0.1, 0.15) is 10.7 Å². The molecule has 1 aromatic rings. The number of anilines is 1. The van der Waals surface area contributed by atoms with E-state index in [4.69, 9.17) is 11.5 Å². The number of hydrogen-bond donors (Lipinski definition) is 3. The number of halogens is 3.